The Bertz CT molecular complexity index is 281. The molecule has 0 spiro atoms. The van der Waals surface area contributed by atoms with Crippen molar-refractivity contribution in [3.05, 3.63) is 12.4 Å². The van der Waals surface area contributed by atoms with E-state index in [4.69, 9.17) is 9.47 Å². The molecular weight excluding hydrogens is 182 g/mol. The van der Waals surface area contributed by atoms with Gasteiger partial charge >= 0.3 is 0 Å². The first-order valence-corrected chi connectivity index (χ1v) is 4.76. The molecule has 0 saturated carbocycles. The zero-order valence-electron chi connectivity index (χ0n) is 8.27. The second kappa shape index (κ2) is 4.43. The summed E-state index contributed by atoms with van der Waals surface area (Å²) in [5, 5.41) is 7.34. The molecule has 0 aliphatic carbocycles. The molecule has 1 atom stereocenters. The molecule has 2 heterocycles. The van der Waals surface area contributed by atoms with Crippen molar-refractivity contribution < 1.29 is 9.47 Å². The van der Waals surface area contributed by atoms with E-state index in [1.165, 1.54) is 0 Å². The number of aromatic nitrogens is 2. The van der Waals surface area contributed by atoms with Gasteiger partial charge < -0.3 is 14.8 Å². The fourth-order valence-electron chi connectivity index (χ4n) is 1.41. The largest absolute Gasteiger partial charge is 0.380 e. The van der Waals surface area contributed by atoms with Gasteiger partial charge in [0, 0.05) is 19.8 Å². The van der Waals surface area contributed by atoms with Gasteiger partial charge in [0.05, 0.1) is 24.6 Å². The summed E-state index contributed by atoms with van der Waals surface area (Å²) in [6, 6.07) is 0. The van der Waals surface area contributed by atoms with Gasteiger partial charge in [0.2, 0.25) is 0 Å². The first kappa shape index (κ1) is 9.48. The Labute approximate surface area is 83.0 Å². The first-order valence-electron chi connectivity index (χ1n) is 4.76. The van der Waals surface area contributed by atoms with E-state index in [1.807, 2.05) is 13.2 Å². The molecule has 5 nitrogen and oxygen atoms in total. The van der Waals surface area contributed by atoms with Gasteiger partial charge in [0.15, 0.2) is 0 Å². The lowest BCUT2D eigenvalue weighted by Gasteiger charge is -2.22. The fourth-order valence-corrected chi connectivity index (χ4v) is 1.41. The highest BCUT2D eigenvalue weighted by atomic mass is 16.7. The maximum Gasteiger partial charge on any atom is 0.147 e. The minimum atomic E-state index is 0.254. The van der Waals surface area contributed by atoms with E-state index in [0.29, 0.717) is 6.79 Å². The van der Waals surface area contributed by atoms with Crippen molar-refractivity contribution >= 4 is 5.69 Å². The molecule has 1 aliphatic rings. The highest BCUT2D eigenvalue weighted by molar-refractivity contribution is 5.37. The van der Waals surface area contributed by atoms with Crippen LogP contribution in [0.15, 0.2) is 12.4 Å². The van der Waals surface area contributed by atoms with Crippen molar-refractivity contribution in [3.63, 3.8) is 0 Å². The van der Waals surface area contributed by atoms with Gasteiger partial charge in [-0.05, 0) is 6.42 Å². The maximum atomic E-state index is 5.39. The lowest BCUT2D eigenvalue weighted by Crippen LogP contribution is -2.30. The Morgan fingerprint density at radius 1 is 1.71 bits per heavy atom. The number of hydrogen-bond donors (Lipinski definition) is 1. The van der Waals surface area contributed by atoms with Crippen molar-refractivity contribution in [1.82, 2.24) is 9.78 Å². The standard InChI is InChI=1S/C9H15N3O2/c1-12-6-8(4-11-12)10-5-9-2-3-13-7-14-9/h4,6,9-10H,2-3,5,7H2,1H3. The molecule has 1 fully saturated rings. The lowest BCUT2D eigenvalue weighted by atomic mass is 10.2. The van der Waals surface area contributed by atoms with Crippen LogP contribution in [0.3, 0.4) is 0 Å². The van der Waals surface area contributed by atoms with Crippen LogP contribution in [-0.2, 0) is 16.5 Å². The van der Waals surface area contributed by atoms with Gasteiger partial charge in [-0.3, -0.25) is 4.68 Å². The second-order valence-corrected chi connectivity index (χ2v) is 3.39. The molecule has 0 amide bonds. The summed E-state index contributed by atoms with van der Waals surface area (Å²) in [4.78, 5) is 0. The Morgan fingerprint density at radius 3 is 3.29 bits per heavy atom. The smallest absolute Gasteiger partial charge is 0.147 e. The summed E-state index contributed by atoms with van der Waals surface area (Å²) in [6.45, 7) is 2.02. The minimum absolute atomic E-state index is 0.254. The second-order valence-electron chi connectivity index (χ2n) is 3.39. The van der Waals surface area contributed by atoms with Crippen LogP contribution in [0.4, 0.5) is 5.69 Å². The van der Waals surface area contributed by atoms with Crippen molar-refractivity contribution in [2.24, 2.45) is 7.05 Å². The predicted molar refractivity (Wildman–Crippen MR) is 52.0 cm³/mol. The fraction of sp³-hybridized carbons (Fsp3) is 0.667. The molecule has 0 radical (unpaired) electrons. The molecule has 1 unspecified atom stereocenters. The van der Waals surface area contributed by atoms with Crippen molar-refractivity contribution in [1.29, 1.82) is 0 Å². The Hall–Kier alpha value is -1.07. The molecule has 2 rings (SSSR count). The zero-order chi connectivity index (χ0) is 9.80. The topological polar surface area (TPSA) is 48.3 Å². The van der Waals surface area contributed by atoms with Gasteiger partial charge in [0.25, 0.3) is 0 Å². The molecule has 5 heteroatoms. The number of rotatable bonds is 3. The molecule has 1 N–H and O–H groups in total. The molecule has 1 aromatic rings. The monoisotopic (exact) mass is 197 g/mol. The lowest BCUT2D eigenvalue weighted by molar-refractivity contribution is -0.133. The van der Waals surface area contributed by atoms with Crippen LogP contribution in [0, 0.1) is 0 Å². The number of anilines is 1. The molecular formula is C9H15N3O2. The van der Waals surface area contributed by atoms with Crippen molar-refractivity contribution in [2.45, 2.75) is 12.5 Å². The Kier molecular flexibility index (Phi) is 3.00. The van der Waals surface area contributed by atoms with Gasteiger partial charge in [0.1, 0.15) is 6.79 Å². The molecule has 14 heavy (non-hydrogen) atoms. The SMILES string of the molecule is Cn1cc(NCC2CCOCO2)cn1. The number of hydrogen-bond acceptors (Lipinski definition) is 4. The number of nitrogens with one attached hydrogen (secondary N) is 1. The number of ether oxygens (including phenoxy) is 2. The van der Waals surface area contributed by atoms with Crippen LogP contribution in [0.1, 0.15) is 6.42 Å². The van der Waals surface area contributed by atoms with E-state index >= 15 is 0 Å². The normalized spacial score (nSPS) is 22.2. The van der Waals surface area contributed by atoms with E-state index in [-0.39, 0.29) is 6.10 Å². The molecule has 1 aromatic heterocycles. The highest BCUT2D eigenvalue weighted by Gasteiger charge is 2.13. The average Bonchev–Trinajstić information content (AvgIpc) is 2.63. The van der Waals surface area contributed by atoms with Crippen LogP contribution < -0.4 is 5.32 Å². The van der Waals surface area contributed by atoms with Crippen LogP contribution >= 0.6 is 0 Å². The van der Waals surface area contributed by atoms with E-state index in [0.717, 1.165) is 25.3 Å². The minimum Gasteiger partial charge on any atom is -0.380 e. The van der Waals surface area contributed by atoms with Crippen LogP contribution in [0.25, 0.3) is 0 Å². The van der Waals surface area contributed by atoms with Crippen LogP contribution in [0.2, 0.25) is 0 Å². The van der Waals surface area contributed by atoms with E-state index in [2.05, 4.69) is 10.4 Å². The summed E-state index contributed by atoms with van der Waals surface area (Å²) < 4.78 is 12.3. The van der Waals surface area contributed by atoms with Crippen molar-refractivity contribution in [3.8, 4) is 0 Å². The Morgan fingerprint density at radius 2 is 2.64 bits per heavy atom. The van der Waals surface area contributed by atoms with Gasteiger partial charge in [-0.1, -0.05) is 0 Å². The summed E-state index contributed by atoms with van der Waals surface area (Å²) in [5.74, 6) is 0. The van der Waals surface area contributed by atoms with Crippen molar-refractivity contribution in [2.75, 3.05) is 25.3 Å². The number of aryl methyl sites for hydroxylation is 1. The van der Waals surface area contributed by atoms with E-state index in [1.54, 1.807) is 10.9 Å². The molecule has 78 valence electrons. The van der Waals surface area contributed by atoms with Crippen LogP contribution in [-0.4, -0.2) is 35.8 Å². The summed E-state index contributed by atoms with van der Waals surface area (Å²) in [7, 11) is 1.90. The van der Waals surface area contributed by atoms with Gasteiger partial charge in [-0.15, -0.1) is 0 Å². The maximum absolute atomic E-state index is 5.39. The molecule has 1 aliphatic heterocycles. The van der Waals surface area contributed by atoms with E-state index in [9.17, 15) is 0 Å². The van der Waals surface area contributed by atoms with E-state index < -0.39 is 0 Å². The first-order chi connectivity index (χ1) is 6.84. The Balaban J connectivity index is 1.76. The summed E-state index contributed by atoms with van der Waals surface area (Å²) in [5.41, 5.74) is 1.03. The molecule has 0 bridgehead atoms. The van der Waals surface area contributed by atoms with Crippen LogP contribution in [0.5, 0.6) is 0 Å². The third-order valence-electron chi connectivity index (χ3n) is 2.21. The summed E-state index contributed by atoms with van der Waals surface area (Å²) in [6.07, 6.45) is 4.95. The third-order valence-corrected chi connectivity index (χ3v) is 2.21. The predicted octanol–water partition coefficient (Wildman–Crippen LogP) is 0.595. The average molecular weight is 197 g/mol. The quantitative estimate of drug-likeness (QED) is 0.770. The van der Waals surface area contributed by atoms with Gasteiger partial charge in [-0.25, -0.2) is 0 Å². The van der Waals surface area contributed by atoms with Gasteiger partial charge in [-0.2, -0.15) is 5.10 Å². The molecule has 0 aromatic carbocycles. The number of nitrogens with zero attached hydrogens (tertiary/aromatic N) is 2. The highest BCUT2D eigenvalue weighted by Crippen LogP contribution is 2.08. The zero-order valence-corrected chi connectivity index (χ0v) is 8.27. The summed E-state index contributed by atoms with van der Waals surface area (Å²) >= 11 is 0. The third kappa shape index (κ3) is 2.46. The molecule has 1 saturated heterocycles.